The lowest BCUT2D eigenvalue weighted by Crippen LogP contribution is -2.27. The Bertz CT molecular complexity index is 1210. The first kappa shape index (κ1) is 23.9. The number of sulfonamides is 1. The number of aromatic nitrogens is 1. The number of aliphatic imine (C=N–C) groups is 1. The number of thioether (sulfide) groups is 1. The van der Waals surface area contributed by atoms with E-state index in [1.807, 2.05) is 11.4 Å². The Morgan fingerprint density at radius 3 is 2.79 bits per heavy atom. The number of benzene rings is 1. The molecular weight excluding hydrogens is 480 g/mol. The summed E-state index contributed by atoms with van der Waals surface area (Å²) in [5.74, 6) is -0.213. The molecule has 2 fully saturated rings. The highest BCUT2D eigenvalue weighted by molar-refractivity contribution is 8.18. The maximum Gasteiger partial charge on any atom is 0.264 e. The van der Waals surface area contributed by atoms with Gasteiger partial charge in [-0.1, -0.05) is 25.0 Å². The molecule has 1 saturated heterocycles. The number of carbonyl (C=O) groups excluding carboxylic acids is 1. The Kier molecular flexibility index (Phi) is 6.94. The van der Waals surface area contributed by atoms with Crippen molar-refractivity contribution in [2.24, 2.45) is 10.4 Å². The molecule has 0 radical (unpaired) electrons. The van der Waals surface area contributed by atoms with Crippen LogP contribution in [0.2, 0.25) is 0 Å². The number of thiazole rings is 1. The van der Waals surface area contributed by atoms with Gasteiger partial charge in [0.15, 0.2) is 5.17 Å². The van der Waals surface area contributed by atoms with E-state index in [1.165, 1.54) is 34.5 Å². The molecule has 2 N–H and O–H groups in total. The average Bonchev–Trinajstić information content (AvgIpc) is 3.53. The van der Waals surface area contributed by atoms with Crippen molar-refractivity contribution in [3.63, 3.8) is 0 Å². The predicted molar refractivity (Wildman–Crippen MR) is 135 cm³/mol. The normalized spacial score (nSPS) is 20.5. The summed E-state index contributed by atoms with van der Waals surface area (Å²) in [5, 5.41) is 15.7. The number of aliphatic hydroxyl groups is 1. The Labute approximate surface area is 201 Å². The Hall–Kier alpha value is -2.21. The largest absolute Gasteiger partial charge is 0.396 e. The topological polar surface area (TPSA) is 112 Å². The zero-order chi connectivity index (χ0) is 23.6. The average molecular weight is 507 g/mol. The van der Waals surface area contributed by atoms with Gasteiger partial charge >= 0.3 is 0 Å². The van der Waals surface area contributed by atoms with Crippen LogP contribution in [-0.2, 0) is 14.8 Å². The summed E-state index contributed by atoms with van der Waals surface area (Å²) in [6.45, 7) is 0.631. The second-order valence-electron chi connectivity index (χ2n) is 8.41. The number of amidine groups is 1. The molecule has 8 nitrogen and oxygen atoms in total. The number of nitrogens with zero attached hydrogens (tertiary/aromatic N) is 3. The molecule has 11 heteroatoms. The van der Waals surface area contributed by atoms with Crippen molar-refractivity contribution in [1.82, 2.24) is 10.3 Å². The maximum absolute atomic E-state index is 12.4. The van der Waals surface area contributed by atoms with Crippen LogP contribution in [0.4, 0.5) is 5.69 Å². The van der Waals surface area contributed by atoms with Crippen molar-refractivity contribution >= 4 is 56.0 Å². The number of hydrogen-bond donors (Lipinski definition) is 2. The Morgan fingerprint density at radius 1 is 1.33 bits per heavy atom. The smallest absolute Gasteiger partial charge is 0.264 e. The summed E-state index contributed by atoms with van der Waals surface area (Å²) in [4.78, 5) is 22.1. The van der Waals surface area contributed by atoms with E-state index in [-0.39, 0.29) is 17.9 Å². The molecule has 1 aliphatic carbocycles. The van der Waals surface area contributed by atoms with Gasteiger partial charge in [0.2, 0.25) is 10.0 Å². The number of amides is 1. The van der Waals surface area contributed by atoms with E-state index >= 15 is 0 Å². The highest BCUT2D eigenvalue weighted by atomic mass is 32.2. The first-order valence-electron chi connectivity index (χ1n) is 10.6. The van der Waals surface area contributed by atoms with Crippen LogP contribution in [0.15, 0.2) is 39.5 Å². The molecule has 0 spiro atoms. The fourth-order valence-corrected chi connectivity index (χ4v) is 5.95. The zero-order valence-electron chi connectivity index (χ0n) is 18.4. The van der Waals surface area contributed by atoms with Gasteiger partial charge in [0, 0.05) is 30.0 Å². The molecule has 1 aromatic carbocycles. The number of carbonyl (C=O) groups is 1. The van der Waals surface area contributed by atoms with Crippen LogP contribution in [0.1, 0.15) is 31.4 Å². The maximum atomic E-state index is 12.4. The molecular formula is C22H26N4O4S3. The van der Waals surface area contributed by atoms with Gasteiger partial charge in [-0.05, 0) is 42.8 Å². The zero-order valence-corrected chi connectivity index (χ0v) is 20.9. The number of hydrogen-bond acceptors (Lipinski definition) is 8. The molecule has 1 amide bonds. The summed E-state index contributed by atoms with van der Waals surface area (Å²) in [6.07, 6.45) is 7.03. The number of anilines is 1. The van der Waals surface area contributed by atoms with Crippen molar-refractivity contribution in [1.29, 1.82) is 0 Å². The second kappa shape index (κ2) is 9.57. The van der Waals surface area contributed by atoms with Crippen LogP contribution >= 0.6 is 23.1 Å². The van der Waals surface area contributed by atoms with Crippen LogP contribution in [0, 0.1) is 5.41 Å². The second-order valence-corrected chi connectivity index (χ2v) is 12.3. The third-order valence-electron chi connectivity index (χ3n) is 5.96. The van der Waals surface area contributed by atoms with Gasteiger partial charge in [-0.2, -0.15) is 0 Å². The first-order chi connectivity index (χ1) is 15.7. The summed E-state index contributed by atoms with van der Waals surface area (Å²) in [6, 6.07) is 7.17. The van der Waals surface area contributed by atoms with Gasteiger partial charge < -0.3 is 10.4 Å². The van der Waals surface area contributed by atoms with Gasteiger partial charge in [0.25, 0.3) is 5.91 Å². The lowest BCUT2D eigenvalue weighted by Gasteiger charge is -2.23. The molecule has 176 valence electrons. The summed E-state index contributed by atoms with van der Waals surface area (Å²) < 4.78 is 24.9. The standard InChI is InChI=1S/C22H26N4O4S3/c1-26(33(2,29)30)17-7-5-6-15(10-17)20-24-16(12-31-20)11-18-19(28)25-21(32-18)23-13-22(14-27)8-3-4-9-22/h5-7,10-12,27H,3-4,8-9,13-14H2,1-2H3,(H,23,25,28)/b18-11+. The van der Waals surface area contributed by atoms with Crippen molar-refractivity contribution in [3.8, 4) is 10.6 Å². The van der Waals surface area contributed by atoms with Crippen molar-refractivity contribution < 1.29 is 18.3 Å². The fraction of sp³-hybridized carbons (Fsp3) is 0.409. The molecule has 4 rings (SSSR count). The third-order valence-corrected chi connectivity index (χ3v) is 9.03. The molecule has 1 saturated carbocycles. The van der Waals surface area contributed by atoms with Crippen molar-refractivity contribution in [3.05, 3.63) is 40.2 Å². The summed E-state index contributed by atoms with van der Waals surface area (Å²) in [7, 11) is -1.85. The van der Waals surface area contributed by atoms with E-state index in [0.29, 0.717) is 28.0 Å². The van der Waals surface area contributed by atoms with Crippen LogP contribution in [-0.4, -0.2) is 56.0 Å². The lowest BCUT2D eigenvalue weighted by atomic mass is 9.87. The van der Waals surface area contributed by atoms with Gasteiger partial charge in [0.05, 0.1) is 29.1 Å². The molecule has 1 aromatic heterocycles. The van der Waals surface area contributed by atoms with E-state index in [1.54, 1.807) is 24.3 Å². The van der Waals surface area contributed by atoms with Gasteiger partial charge in [-0.3, -0.25) is 14.1 Å². The monoisotopic (exact) mass is 506 g/mol. The van der Waals surface area contributed by atoms with Crippen LogP contribution in [0.25, 0.3) is 16.6 Å². The molecule has 0 atom stereocenters. The minimum absolute atomic E-state index is 0.119. The number of aliphatic hydroxyl groups excluding tert-OH is 1. The molecule has 33 heavy (non-hydrogen) atoms. The van der Waals surface area contributed by atoms with Gasteiger partial charge in [-0.25, -0.2) is 13.4 Å². The van der Waals surface area contributed by atoms with E-state index in [0.717, 1.165) is 42.5 Å². The van der Waals surface area contributed by atoms with E-state index < -0.39 is 10.0 Å². The summed E-state index contributed by atoms with van der Waals surface area (Å²) >= 11 is 2.70. The molecule has 2 heterocycles. The highest BCUT2D eigenvalue weighted by Crippen LogP contribution is 2.38. The van der Waals surface area contributed by atoms with Crippen LogP contribution < -0.4 is 9.62 Å². The van der Waals surface area contributed by atoms with Gasteiger partial charge in [0.1, 0.15) is 5.01 Å². The highest BCUT2D eigenvalue weighted by Gasteiger charge is 2.34. The molecule has 0 unspecified atom stereocenters. The Morgan fingerprint density at radius 2 is 2.09 bits per heavy atom. The quantitative estimate of drug-likeness (QED) is 0.557. The fourth-order valence-electron chi connectivity index (χ4n) is 3.88. The van der Waals surface area contributed by atoms with Crippen molar-refractivity contribution in [2.45, 2.75) is 25.7 Å². The van der Waals surface area contributed by atoms with Crippen LogP contribution in [0.3, 0.4) is 0 Å². The Balaban J connectivity index is 1.49. The molecule has 1 aliphatic heterocycles. The first-order valence-corrected chi connectivity index (χ1v) is 14.1. The minimum atomic E-state index is -3.36. The molecule has 2 aliphatic rings. The third kappa shape index (κ3) is 5.48. The van der Waals surface area contributed by atoms with E-state index in [2.05, 4.69) is 15.3 Å². The summed E-state index contributed by atoms with van der Waals surface area (Å²) in [5.41, 5.74) is 1.85. The number of rotatable bonds is 7. The van der Waals surface area contributed by atoms with E-state index in [9.17, 15) is 18.3 Å². The number of nitrogens with one attached hydrogen (secondary N) is 1. The minimum Gasteiger partial charge on any atom is -0.396 e. The SMILES string of the molecule is CN(c1cccc(-c2nc(/C=C3/SC(=NCC4(CO)CCCC4)NC3=O)cs2)c1)S(C)(=O)=O. The van der Waals surface area contributed by atoms with Crippen molar-refractivity contribution in [2.75, 3.05) is 30.8 Å². The lowest BCUT2D eigenvalue weighted by molar-refractivity contribution is -0.115. The molecule has 0 bridgehead atoms. The van der Waals surface area contributed by atoms with Gasteiger partial charge in [-0.15, -0.1) is 11.3 Å². The molecule has 2 aromatic rings. The predicted octanol–water partition coefficient (Wildman–Crippen LogP) is 3.32. The van der Waals surface area contributed by atoms with Crippen LogP contribution in [0.5, 0.6) is 0 Å². The van der Waals surface area contributed by atoms with E-state index in [4.69, 9.17) is 0 Å².